The molecule has 0 saturated carbocycles. The summed E-state index contributed by atoms with van der Waals surface area (Å²) < 4.78 is 32.2. The first-order chi connectivity index (χ1) is 13.4. The lowest BCUT2D eigenvalue weighted by atomic mass is 10.1. The number of carbonyl (C=O) groups excluding carboxylic acids is 2. The fraction of sp³-hybridized carbons (Fsp3) is 0.263. The van der Waals surface area contributed by atoms with Gasteiger partial charge in [-0.2, -0.15) is 4.31 Å². The van der Waals surface area contributed by atoms with Gasteiger partial charge in [-0.05, 0) is 24.3 Å². The van der Waals surface area contributed by atoms with Crippen LogP contribution < -0.4 is 15.4 Å². The predicted octanol–water partition coefficient (Wildman–Crippen LogP) is 1.21. The highest BCUT2D eigenvalue weighted by Gasteiger charge is 2.39. The predicted molar refractivity (Wildman–Crippen MR) is 103 cm³/mol. The van der Waals surface area contributed by atoms with Crippen LogP contribution in [0.5, 0.6) is 5.75 Å². The number of anilines is 1. The standard InChI is InChI=1S/C19H21N3O5S/c1-27-17-10-6-5-9-15(17)21-18(23)13-16-19(24)20-11-12-22(16)28(25,26)14-7-3-2-4-8-14/h2-10,16H,11-13H2,1H3,(H,20,24)(H,21,23)/t16-/m0/s1. The number of hydrogen-bond acceptors (Lipinski definition) is 5. The van der Waals surface area contributed by atoms with Crippen LogP contribution in [0.15, 0.2) is 59.5 Å². The van der Waals surface area contributed by atoms with Crippen molar-refractivity contribution in [3.8, 4) is 5.75 Å². The summed E-state index contributed by atoms with van der Waals surface area (Å²) in [5.41, 5.74) is 0.448. The molecule has 2 aromatic carbocycles. The van der Waals surface area contributed by atoms with Crippen LogP contribution in [0.25, 0.3) is 0 Å². The molecule has 9 heteroatoms. The van der Waals surface area contributed by atoms with E-state index in [1.54, 1.807) is 42.5 Å². The van der Waals surface area contributed by atoms with Crippen LogP contribution in [-0.4, -0.2) is 50.8 Å². The Kier molecular flexibility index (Phi) is 5.96. The molecule has 2 N–H and O–H groups in total. The maximum absolute atomic E-state index is 13.0. The molecule has 0 aromatic heterocycles. The maximum atomic E-state index is 13.0. The summed E-state index contributed by atoms with van der Waals surface area (Å²) in [4.78, 5) is 25.0. The average molecular weight is 403 g/mol. The second-order valence-corrected chi connectivity index (χ2v) is 8.08. The summed E-state index contributed by atoms with van der Waals surface area (Å²) in [6.45, 7) is 0.283. The summed E-state index contributed by atoms with van der Waals surface area (Å²) in [5.74, 6) is -0.515. The highest BCUT2D eigenvalue weighted by molar-refractivity contribution is 7.89. The van der Waals surface area contributed by atoms with E-state index in [1.807, 2.05) is 0 Å². The average Bonchev–Trinajstić information content (AvgIpc) is 2.70. The smallest absolute Gasteiger partial charge is 0.243 e. The van der Waals surface area contributed by atoms with Gasteiger partial charge in [0.2, 0.25) is 21.8 Å². The minimum atomic E-state index is -3.91. The van der Waals surface area contributed by atoms with E-state index in [9.17, 15) is 18.0 Å². The highest BCUT2D eigenvalue weighted by Crippen LogP contribution is 2.25. The van der Waals surface area contributed by atoms with Gasteiger partial charge in [-0.3, -0.25) is 9.59 Å². The monoisotopic (exact) mass is 403 g/mol. The number of carbonyl (C=O) groups is 2. The molecule has 0 aliphatic carbocycles. The molecular weight excluding hydrogens is 382 g/mol. The number of benzene rings is 2. The SMILES string of the molecule is COc1ccccc1NC(=O)C[C@H]1C(=O)NCCN1S(=O)(=O)c1ccccc1. The molecule has 1 aliphatic heterocycles. The lowest BCUT2D eigenvalue weighted by Gasteiger charge is -2.33. The van der Waals surface area contributed by atoms with Gasteiger partial charge in [-0.1, -0.05) is 30.3 Å². The third kappa shape index (κ3) is 4.15. The van der Waals surface area contributed by atoms with Crippen molar-refractivity contribution < 1.29 is 22.7 Å². The molecule has 8 nitrogen and oxygen atoms in total. The molecule has 3 rings (SSSR count). The van der Waals surface area contributed by atoms with Crippen molar-refractivity contribution in [1.29, 1.82) is 0 Å². The number of hydrogen-bond donors (Lipinski definition) is 2. The Balaban J connectivity index is 1.81. The van der Waals surface area contributed by atoms with Crippen LogP contribution in [0, 0.1) is 0 Å². The third-order valence-electron chi connectivity index (χ3n) is 4.39. The number of para-hydroxylation sites is 2. The molecule has 1 aliphatic rings. The summed E-state index contributed by atoms with van der Waals surface area (Å²) in [5, 5.41) is 5.30. The van der Waals surface area contributed by atoms with Crippen molar-refractivity contribution in [2.24, 2.45) is 0 Å². The second-order valence-electron chi connectivity index (χ2n) is 6.19. The van der Waals surface area contributed by atoms with Crippen LogP contribution in [0.4, 0.5) is 5.69 Å². The number of ether oxygens (including phenoxy) is 1. The molecule has 148 valence electrons. The number of nitrogens with one attached hydrogen (secondary N) is 2. The summed E-state index contributed by atoms with van der Waals surface area (Å²) in [6, 6.07) is 13.6. The second kappa shape index (κ2) is 8.41. The molecule has 1 atom stereocenters. The fourth-order valence-corrected chi connectivity index (χ4v) is 4.64. The van der Waals surface area contributed by atoms with Gasteiger partial charge in [-0.25, -0.2) is 8.42 Å². The van der Waals surface area contributed by atoms with E-state index in [1.165, 1.54) is 19.2 Å². The third-order valence-corrected chi connectivity index (χ3v) is 6.31. The van der Waals surface area contributed by atoms with E-state index in [-0.39, 0.29) is 24.4 Å². The highest BCUT2D eigenvalue weighted by atomic mass is 32.2. The van der Waals surface area contributed by atoms with Crippen molar-refractivity contribution in [3.05, 3.63) is 54.6 Å². The molecule has 2 aromatic rings. The maximum Gasteiger partial charge on any atom is 0.243 e. The minimum Gasteiger partial charge on any atom is -0.495 e. The van der Waals surface area contributed by atoms with E-state index in [0.29, 0.717) is 11.4 Å². The number of nitrogens with zero attached hydrogens (tertiary/aromatic N) is 1. The zero-order valence-corrected chi connectivity index (χ0v) is 16.1. The minimum absolute atomic E-state index is 0.0832. The Morgan fingerprint density at radius 2 is 1.86 bits per heavy atom. The van der Waals surface area contributed by atoms with Crippen LogP contribution in [0.3, 0.4) is 0 Å². The Morgan fingerprint density at radius 1 is 1.18 bits per heavy atom. The van der Waals surface area contributed by atoms with E-state index >= 15 is 0 Å². The van der Waals surface area contributed by atoms with E-state index < -0.39 is 27.9 Å². The van der Waals surface area contributed by atoms with Gasteiger partial charge in [0.1, 0.15) is 11.8 Å². The Hall–Kier alpha value is -2.91. The van der Waals surface area contributed by atoms with Gasteiger partial charge < -0.3 is 15.4 Å². The first-order valence-electron chi connectivity index (χ1n) is 8.71. The first-order valence-corrected chi connectivity index (χ1v) is 10.1. The van der Waals surface area contributed by atoms with Crippen molar-refractivity contribution in [3.63, 3.8) is 0 Å². The largest absolute Gasteiger partial charge is 0.495 e. The number of piperazine rings is 1. The zero-order valence-electron chi connectivity index (χ0n) is 15.3. The molecule has 28 heavy (non-hydrogen) atoms. The normalized spacial score (nSPS) is 17.6. The number of rotatable bonds is 6. The summed E-state index contributed by atoms with van der Waals surface area (Å²) >= 11 is 0. The summed E-state index contributed by atoms with van der Waals surface area (Å²) in [7, 11) is -2.43. The van der Waals surface area contributed by atoms with Gasteiger partial charge in [-0.15, -0.1) is 0 Å². The lowest BCUT2D eigenvalue weighted by molar-refractivity contribution is -0.130. The zero-order chi connectivity index (χ0) is 20.1. The number of sulfonamides is 1. The van der Waals surface area contributed by atoms with Crippen molar-refractivity contribution in [2.45, 2.75) is 17.4 Å². The van der Waals surface area contributed by atoms with Gasteiger partial charge in [0.25, 0.3) is 0 Å². The quantitative estimate of drug-likeness (QED) is 0.754. The number of methoxy groups -OCH3 is 1. The molecule has 0 radical (unpaired) electrons. The fourth-order valence-electron chi connectivity index (χ4n) is 3.03. The van der Waals surface area contributed by atoms with Gasteiger partial charge in [0, 0.05) is 13.1 Å². The molecule has 1 fully saturated rings. The molecule has 0 bridgehead atoms. The van der Waals surface area contributed by atoms with Crippen LogP contribution in [-0.2, 0) is 19.6 Å². The first kappa shape index (κ1) is 19.8. The van der Waals surface area contributed by atoms with Crippen LogP contribution >= 0.6 is 0 Å². The molecule has 1 saturated heterocycles. The van der Waals surface area contributed by atoms with E-state index in [0.717, 1.165) is 4.31 Å². The molecular formula is C19H21N3O5S. The molecule has 0 unspecified atom stereocenters. The van der Waals surface area contributed by atoms with Crippen molar-refractivity contribution in [1.82, 2.24) is 9.62 Å². The molecule has 0 spiro atoms. The van der Waals surface area contributed by atoms with E-state index in [2.05, 4.69) is 10.6 Å². The Bertz CT molecular complexity index is 963. The van der Waals surface area contributed by atoms with Gasteiger partial charge in [0.15, 0.2) is 0 Å². The van der Waals surface area contributed by atoms with Gasteiger partial charge >= 0.3 is 0 Å². The van der Waals surface area contributed by atoms with Gasteiger partial charge in [0.05, 0.1) is 24.1 Å². The number of amides is 2. The Morgan fingerprint density at radius 3 is 2.57 bits per heavy atom. The van der Waals surface area contributed by atoms with Crippen LogP contribution in [0.1, 0.15) is 6.42 Å². The van der Waals surface area contributed by atoms with Crippen molar-refractivity contribution >= 4 is 27.5 Å². The van der Waals surface area contributed by atoms with E-state index in [4.69, 9.17) is 4.74 Å². The lowest BCUT2D eigenvalue weighted by Crippen LogP contribution is -2.57. The summed E-state index contributed by atoms with van der Waals surface area (Å²) in [6.07, 6.45) is -0.310. The van der Waals surface area contributed by atoms with Crippen LogP contribution in [0.2, 0.25) is 0 Å². The Labute approximate surface area is 163 Å². The molecule has 1 heterocycles. The molecule has 2 amide bonds. The topological polar surface area (TPSA) is 105 Å². The van der Waals surface area contributed by atoms with Crippen molar-refractivity contribution in [2.75, 3.05) is 25.5 Å².